The fourth-order valence-electron chi connectivity index (χ4n) is 2.29. The molecule has 0 radical (unpaired) electrons. The van der Waals surface area contributed by atoms with Crippen LogP contribution in [0.15, 0.2) is 52.2 Å². The highest BCUT2D eigenvalue weighted by Crippen LogP contribution is 2.13. The summed E-state index contributed by atoms with van der Waals surface area (Å²) >= 11 is 0. The molecule has 0 aliphatic rings. The van der Waals surface area contributed by atoms with Crippen LogP contribution in [0.2, 0.25) is 0 Å². The van der Waals surface area contributed by atoms with Crippen LogP contribution in [-0.4, -0.2) is 34.1 Å². The summed E-state index contributed by atoms with van der Waals surface area (Å²) in [6.45, 7) is 3.45. The average Bonchev–Trinajstić information content (AvgIpc) is 2.62. The van der Waals surface area contributed by atoms with Crippen LogP contribution < -0.4 is 16.6 Å². The molecule has 26 heavy (non-hydrogen) atoms. The Morgan fingerprint density at radius 1 is 1.15 bits per heavy atom. The zero-order valence-corrected chi connectivity index (χ0v) is 14.6. The molecule has 0 aliphatic carbocycles. The Bertz CT molecular complexity index is 872. The first-order valence-electron chi connectivity index (χ1n) is 8.18. The summed E-state index contributed by atoms with van der Waals surface area (Å²) in [5.41, 5.74) is -0.182. The number of esters is 1. The number of benzene rings is 1. The topological polar surface area (TPSA) is 110 Å². The number of ether oxygens (including phenoxy) is 1. The predicted molar refractivity (Wildman–Crippen MR) is 94.7 cm³/mol. The molecule has 1 amide bonds. The van der Waals surface area contributed by atoms with Gasteiger partial charge >= 0.3 is 11.7 Å². The molecule has 0 bridgehead atoms. The van der Waals surface area contributed by atoms with E-state index >= 15 is 0 Å². The number of hydrogen-bond acceptors (Lipinski definition) is 5. The molecule has 0 saturated carbocycles. The molecule has 138 valence electrons. The first kappa shape index (κ1) is 19.2. The Morgan fingerprint density at radius 3 is 2.50 bits per heavy atom. The minimum absolute atomic E-state index is 0.114. The standard InChI is InChI=1S/C18H21N3O5/c1-12(14-6-4-3-5-7-14)10-19-17(24)13(2)26-16(23)11-21-9-8-15(22)20-18(21)25/h3-9,12-13H,10-11H2,1-2H3,(H,19,24)(H,20,22,25)/t12-,13-/m0/s1. The van der Waals surface area contributed by atoms with Crippen molar-refractivity contribution in [3.05, 3.63) is 69.0 Å². The molecule has 2 aromatic rings. The highest BCUT2D eigenvalue weighted by Gasteiger charge is 2.19. The van der Waals surface area contributed by atoms with Crippen molar-refractivity contribution >= 4 is 11.9 Å². The Hall–Kier alpha value is -3.16. The van der Waals surface area contributed by atoms with E-state index in [-0.39, 0.29) is 5.92 Å². The normalized spacial score (nSPS) is 12.8. The lowest BCUT2D eigenvalue weighted by atomic mass is 10.0. The van der Waals surface area contributed by atoms with Crippen LogP contribution in [0.1, 0.15) is 25.3 Å². The molecular formula is C18H21N3O5. The number of rotatable bonds is 7. The van der Waals surface area contributed by atoms with Crippen molar-refractivity contribution in [1.29, 1.82) is 0 Å². The molecule has 8 nitrogen and oxygen atoms in total. The minimum atomic E-state index is -0.996. The number of nitrogens with one attached hydrogen (secondary N) is 2. The number of hydrogen-bond donors (Lipinski definition) is 2. The molecule has 2 rings (SSSR count). The number of carbonyl (C=O) groups is 2. The minimum Gasteiger partial charge on any atom is -0.451 e. The van der Waals surface area contributed by atoms with Gasteiger partial charge in [-0.25, -0.2) is 4.79 Å². The van der Waals surface area contributed by atoms with E-state index in [0.717, 1.165) is 16.2 Å². The Labute approximate surface area is 149 Å². The van der Waals surface area contributed by atoms with Gasteiger partial charge in [-0.2, -0.15) is 0 Å². The van der Waals surface area contributed by atoms with Crippen LogP contribution in [-0.2, 0) is 20.9 Å². The number of carbonyl (C=O) groups excluding carboxylic acids is 2. The fraction of sp³-hybridized carbons (Fsp3) is 0.333. The van der Waals surface area contributed by atoms with Gasteiger partial charge in [-0.1, -0.05) is 37.3 Å². The quantitative estimate of drug-likeness (QED) is 0.695. The monoisotopic (exact) mass is 359 g/mol. The van der Waals surface area contributed by atoms with Gasteiger partial charge in [0.2, 0.25) is 0 Å². The maximum absolute atomic E-state index is 12.1. The lowest BCUT2D eigenvalue weighted by Gasteiger charge is -2.17. The SMILES string of the molecule is C[C@H](OC(=O)Cn1ccc(=O)[nH]c1=O)C(=O)NC[C@H](C)c1ccccc1. The van der Waals surface area contributed by atoms with E-state index in [9.17, 15) is 19.2 Å². The summed E-state index contributed by atoms with van der Waals surface area (Å²) in [6, 6.07) is 10.8. The number of aromatic amines is 1. The third kappa shape index (κ3) is 5.44. The van der Waals surface area contributed by atoms with Crippen molar-refractivity contribution in [1.82, 2.24) is 14.9 Å². The number of H-pyrrole nitrogens is 1. The van der Waals surface area contributed by atoms with Gasteiger partial charge in [0, 0.05) is 18.8 Å². The lowest BCUT2D eigenvalue weighted by Crippen LogP contribution is -2.39. The van der Waals surface area contributed by atoms with E-state index in [0.29, 0.717) is 6.54 Å². The molecule has 0 saturated heterocycles. The van der Waals surface area contributed by atoms with E-state index in [4.69, 9.17) is 4.74 Å². The molecule has 1 aromatic heterocycles. The summed E-state index contributed by atoms with van der Waals surface area (Å²) in [5, 5.41) is 2.74. The first-order chi connectivity index (χ1) is 12.4. The van der Waals surface area contributed by atoms with Gasteiger partial charge in [0.1, 0.15) is 6.54 Å². The Morgan fingerprint density at radius 2 is 1.85 bits per heavy atom. The van der Waals surface area contributed by atoms with E-state index < -0.39 is 35.8 Å². The van der Waals surface area contributed by atoms with Crippen LogP contribution in [0, 0.1) is 0 Å². The number of aromatic nitrogens is 2. The molecule has 0 spiro atoms. The van der Waals surface area contributed by atoms with Gasteiger partial charge in [-0.05, 0) is 18.4 Å². The zero-order chi connectivity index (χ0) is 19.1. The summed E-state index contributed by atoms with van der Waals surface area (Å²) in [7, 11) is 0. The summed E-state index contributed by atoms with van der Waals surface area (Å²) in [5.74, 6) is -1.06. The van der Waals surface area contributed by atoms with Crippen LogP contribution in [0.4, 0.5) is 0 Å². The van der Waals surface area contributed by atoms with Crippen molar-refractivity contribution in [3.63, 3.8) is 0 Å². The second-order valence-electron chi connectivity index (χ2n) is 5.93. The number of nitrogens with zero attached hydrogens (tertiary/aromatic N) is 1. The highest BCUT2D eigenvalue weighted by molar-refractivity contribution is 5.83. The van der Waals surface area contributed by atoms with E-state index in [1.54, 1.807) is 0 Å². The van der Waals surface area contributed by atoms with Gasteiger partial charge in [0.25, 0.3) is 11.5 Å². The molecular weight excluding hydrogens is 338 g/mol. The smallest absolute Gasteiger partial charge is 0.328 e. The van der Waals surface area contributed by atoms with Gasteiger partial charge in [0.15, 0.2) is 6.10 Å². The fourth-order valence-corrected chi connectivity index (χ4v) is 2.29. The lowest BCUT2D eigenvalue weighted by molar-refractivity contribution is -0.155. The van der Waals surface area contributed by atoms with Crippen molar-refractivity contribution in [2.24, 2.45) is 0 Å². The molecule has 2 atom stereocenters. The van der Waals surface area contributed by atoms with Gasteiger partial charge in [-0.3, -0.25) is 23.9 Å². The maximum Gasteiger partial charge on any atom is 0.328 e. The molecule has 8 heteroatoms. The molecule has 1 heterocycles. The van der Waals surface area contributed by atoms with Gasteiger partial charge in [0.05, 0.1) is 0 Å². The molecule has 0 aliphatic heterocycles. The number of amides is 1. The van der Waals surface area contributed by atoms with E-state index in [1.807, 2.05) is 42.2 Å². The largest absolute Gasteiger partial charge is 0.451 e. The van der Waals surface area contributed by atoms with Gasteiger partial charge < -0.3 is 10.1 Å². The average molecular weight is 359 g/mol. The summed E-state index contributed by atoms with van der Waals surface area (Å²) in [4.78, 5) is 48.5. The highest BCUT2D eigenvalue weighted by atomic mass is 16.5. The van der Waals surface area contributed by atoms with Gasteiger partial charge in [-0.15, -0.1) is 0 Å². The van der Waals surface area contributed by atoms with Crippen LogP contribution in [0.25, 0.3) is 0 Å². The van der Waals surface area contributed by atoms with Crippen molar-refractivity contribution in [2.45, 2.75) is 32.4 Å². The Kier molecular flexibility index (Phi) is 6.48. The van der Waals surface area contributed by atoms with E-state index in [2.05, 4.69) is 5.32 Å². The zero-order valence-electron chi connectivity index (χ0n) is 14.6. The molecule has 1 aromatic carbocycles. The second-order valence-corrected chi connectivity index (χ2v) is 5.93. The van der Waals surface area contributed by atoms with Crippen LogP contribution in [0.5, 0.6) is 0 Å². The van der Waals surface area contributed by atoms with Crippen LogP contribution >= 0.6 is 0 Å². The first-order valence-corrected chi connectivity index (χ1v) is 8.18. The molecule has 0 unspecified atom stereocenters. The summed E-state index contributed by atoms with van der Waals surface area (Å²) < 4.78 is 6.03. The van der Waals surface area contributed by atoms with Crippen molar-refractivity contribution in [3.8, 4) is 0 Å². The Balaban J connectivity index is 1.83. The van der Waals surface area contributed by atoms with E-state index in [1.165, 1.54) is 13.1 Å². The summed E-state index contributed by atoms with van der Waals surface area (Å²) in [6.07, 6.45) is 0.193. The molecule has 0 fully saturated rings. The van der Waals surface area contributed by atoms with Crippen LogP contribution in [0.3, 0.4) is 0 Å². The maximum atomic E-state index is 12.1. The van der Waals surface area contributed by atoms with Crippen molar-refractivity contribution < 1.29 is 14.3 Å². The molecule has 2 N–H and O–H groups in total. The second kappa shape index (κ2) is 8.80. The third-order valence-corrected chi connectivity index (χ3v) is 3.82. The van der Waals surface area contributed by atoms with Crippen molar-refractivity contribution in [2.75, 3.05) is 6.54 Å². The predicted octanol–water partition coefficient (Wildman–Crippen LogP) is 0.388. The third-order valence-electron chi connectivity index (χ3n) is 3.82.